The first kappa shape index (κ1) is 18.5. The van der Waals surface area contributed by atoms with Gasteiger partial charge in [-0.25, -0.2) is 0 Å². The van der Waals surface area contributed by atoms with Crippen LogP contribution in [0.1, 0.15) is 35.2 Å². The van der Waals surface area contributed by atoms with Crippen LogP contribution >= 0.6 is 0 Å². The molecule has 0 amide bonds. The van der Waals surface area contributed by atoms with Crippen LogP contribution in [0.15, 0.2) is 36.5 Å². The summed E-state index contributed by atoms with van der Waals surface area (Å²) in [6.07, 6.45) is 5.03. The Balaban J connectivity index is 1.31. The van der Waals surface area contributed by atoms with Gasteiger partial charge in [-0.05, 0) is 56.2 Å². The monoisotopic (exact) mass is 366 g/mol. The first-order chi connectivity index (χ1) is 12.9. The molecule has 144 valence electrons. The third-order valence-electron chi connectivity index (χ3n) is 6.24. The first-order valence-corrected chi connectivity index (χ1v) is 10.0. The highest BCUT2D eigenvalue weighted by atomic mass is 16.3. The largest absolute Gasteiger partial charge is 0.506 e. The average molecular weight is 367 g/mol. The van der Waals surface area contributed by atoms with Crippen molar-refractivity contribution in [3.8, 4) is 5.75 Å². The molecule has 2 aliphatic rings. The molecule has 3 atom stereocenters. The number of hydrogen-bond donors (Lipinski definition) is 2. The zero-order chi connectivity index (χ0) is 19.0. The van der Waals surface area contributed by atoms with E-state index in [-0.39, 0.29) is 5.75 Å². The molecule has 2 aromatic rings. The SMILES string of the molecule is Cc1cc(C)cc(CC2(O)CC3CN(CCc4ccc(O)cn4)C[C@@H]3C2)c1. The summed E-state index contributed by atoms with van der Waals surface area (Å²) in [6.45, 7) is 7.42. The third kappa shape index (κ3) is 4.33. The number of benzene rings is 1. The maximum Gasteiger partial charge on any atom is 0.133 e. The van der Waals surface area contributed by atoms with Crippen molar-refractivity contribution in [2.24, 2.45) is 11.8 Å². The second-order valence-corrected chi connectivity index (χ2v) is 8.84. The van der Waals surface area contributed by atoms with Gasteiger partial charge in [-0.2, -0.15) is 0 Å². The van der Waals surface area contributed by atoms with E-state index in [4.69, 9.17) is 0 Å². The fourth-order valence-electron chi connectivity index (χ4n) is 5.27. The van der Waals surface area contributed by atoms with Crippen molar-refractivity contribution in [1.82, 2.24) is 9.88 Å². The Morgan fingerprint density at radius 2 is 1.74 bits per heavy atom. The number of aliphatic hydroxyl groups is 1. The maximum atomic E-state index is 11.2. The van der Waals surface area contributed by atoms with Gasteiger partial charge in [-0.1, -0.05) is 29.3 Å². The first-order valence-electron chi connectivity index (χ1n) is 10.0. The molecule has 2 unspecified atom stereocenters. The molecule has 1 aliphatic carbocycles. The highest BCUT2D eigenvalue weighted by molar-refractivity contribution is 5.30. The van der Waals surface area contributed by atoms with Gasteiger partial charge in [-0.15, -0.1) is 0 Å². The van der Waals surface area contributed by atoms with Crippen LogP contribution < -0.4 is 0 Å². The summed E-state index contributed by atoms with van der Waals surface area (Å²) in [7, 11) is 0. The number of aromatic nitrogens is 1. The molecule has 2 heterocycles. The van der Waals surface area contributed by atoms with Gasteiger partial charge in [0.2, 0.25) is 0 Å². The highest BCUT2D eigenvalue weighted by Crippen LogP contribution is 2.45. The lowest BCUT2D eigenvalue weighted by Gasteiger charge is -2.26. The predicted molar refractivity (Wildman–Crippen MR) is 107 cm³/mol. The maximum absolute atomic E-state index is 11.2. The number of likely N-dealkylation sites (tertiary alicyclic amines) is 1. The number of aromatic hydroxyl groups is 1. The van der Waals surface area contributed by atoms with Gasteiger partial charge < -0.3 is 15.1 Å². The molecule has 27 heavy (non-hydrogen) atoms. The Hall–Kier alpha value is -1.91. The Morgan fingerprint density at radius 1 is 1.07 bits per heavy atom. The molecule has 0 radical (unpaired) electrons. The standard InChI is InChI=1S/C23H30N2O2/c1-16-7-17(2)9-18(8-16)10-23(27)11-19-14-25(15-20(19)12-23)6-5-21-3-4-22(26)13-24-21/h3-4,7-9,13,19-20,26-27H,5-6,10-12,14-15H2,1-2H3/t19-,20?,23?/m0/s1. The van der Waals surface area contributed by atoms with E-state index in [1.807, 2.05) is 6.07 Å². The van der Waals surface area contributed by atoms with Crippen molar-refractivity contribution in [2.75, 3.05) is 19.6 Å². The lowest BCUT2D eigenvalue weighted by atomic mass is 9.90. The predicted octanol–water partition coefficient (Wildman–Crippen LogP) is 3.26. The van der Waals surface area contributed by atoms with Crippen molar-refractivity contribution in [3.63, 3.8) is 0 Å². The second-order valence-electron chi connectivity index (χ2n) is 8.84. The summed E-state index contributed by atoms with van der Waals surface area (Å²) in [6, 6.07) is 10.2. The van der Waals surface area contributed by atoms with Crippen molar-refractivity contribution in [1.29, 1.82) is 0 Å². The molecule has 1 aliphatic heterocycles. The minimum Gasteiger partial charge on any atom is -0.506 e. The quantitative estimate of drug-likeness (QED) is 0.853. The van der Waals surface area contributed by atoms with Crippen molar-refractivity contribution in [3.05, 3.63) is 58.9 Å². The van der Waals surface area contributed by atoms with Gasteiger partial charge in [0.25, 0.3) is 0 Å². The highest BCUT2D eigenvalue weighted by Gasteiger charge is 2.47. The number of fused-ring (bicyclic) bond motifs is 1. The van der Waals surface area contributed by atoms with Gasteiger partial charge in [-0.3, -0.25) is 4.98 Å². The van der Waals surface area contributed by atoms with Crippen LogP contribution in [0.25, 0.3) is 0 Å². The van der Waals surface area contributed by atoms with Crippen molar-refractivity contribution < 1.29 is 10.2 Å². The number of hydrogen-bond acceptors (Lipinski definition) is 4. The fraction of sp³-hybridized carbons (Fsp3) is 0.522. The van der Waals surface area contributed by atoms with E-state index in [0.29, 0.717) is 11.8 Å². The minimum absolute atomic E-state index is 0.220. The van der Waals surface area contributed by atoms with Gasteiger partial charge in [0, 0.05) is 38.2 Å². The van der Waals surface area contributed by atoms with Crippen LogP contribution in [0.5, 0.6) is 5.75 Å². The van der Waals surface area contributed by atoms with E-state index in [2.05, 4.69) is 41.9 Å². The summed E-state index contributed by atoms with van der Waals surface area (Å²) in [5.41, 5.74) is 4.31. The molecule has 2 fully saturated rings. The van der Waals surface area contributed by atoms with Gasteiger partial charge in [0.1, 0.15) is 5.75 Å². The number of pyridine rings is 1. The lowest BCUT2D eigenvalue weighted by molar-refractivity contribution is 0.0355. The normalized spacial score (nSPS) is 27.8. The lowest BCUT2D eigenvalue weighted by Crippen LogP contribution is -2.32. The van der Waals surface area contributed by atoms with Crippen LogP contribution in [-0.4, -0.2) is 45.3 Å². The fourth-order valence-corrected chi connectivity index (χ4v) is 5.27. The molecular formula is C23H30N2O2. The molecule has 4 rings (SSSR count). The molecule has 4 heteroatoms. The van der Waals surface area contributed by atoms with Gasteiger partial charge in [0.05, 0.1) is 11.8 Å². The van der Waals surface area contributed by atoms with Crippen LogP contribution in [0.4, 0.5) is 0 Å². The van der Waals surface area contributed by atoms with E-state index in [9.17, 15) is 10.2 Å². The van der Waals surface area contributed by atoms with E-state index in [0.717, 1.165) is 51.0 Å². The van der Waals surface area contributed by atoms with E-state index in [1.54, 1.807) is 6.07 Å². The number of aryl methyl sites for hydroxylation is 2. The van der Waals surface area contributed by atoms with Gasteiger partial charge in [0.15, 0.2) is 0 Å². The summed E-state index contributed by atoms with van der Waals surface area (Å²) in [4.78, 5) is 6.79. The topological polar surface area (TPSA) is 56.6 Å². The van der Waals surface area contributed by atoms with Crippen molar-refractivity contribution >= 4 is 0 Å². The van der Waals surface area contributed by atoms with Crippen LogP contribution in [0.2, 0.25) is 0 Å². The summed E-state index contributed by atoms with van der Waals surface area (Å²) in [5, 5.41) is 20.5. The molecule has 0 spiro atoms. The molecule has 1 saturated heterocycles. The minimum atomic E-state index is -0.541. The molecule has 2 N–H and O–H groups in total. The zero-order valence-corrected chi connectivity index (χ0v) is 16.4. The molecule has 1 saturated carbocycles. The van der Waals surface area contributed by atoms with E-state index < -0.39 is 5.60 Å². The summed E-state index contributed by atoms with van der Waals surface area (Å²) in [5.74, 6) is 1.43. The molecule has 1 aromatic heterocycles. The van der Waals surface area contributed by atoms with Crippen LogP contribution in [0, 0.1) is 25.7 Å². The molecule has 1 aromatic carbocycles. The Labute approximate surface area is 161 Å². The Kier molecular flexibility index (Phi) is 4.95. The van der Waals surface area contributed by atoms with Crippen LogP contribution in [-0.2, 0) is 12.8 Å². The molecule has 0 bridgehead atoms. The molecule has 4 nitrogen and oxygen atoms in total. The van der Waals surface area contributed by atoms with E-state index >= 15 is 0 Å². The van der Waals surface area contributed by atoms with Gasteiger partial charge >= 0.3 is 0 Å². The van der Waals surface area contributed by atoms with E-state index in [1.165, 1.54) is 22.9 Å². The summed E-state index contributed by atoms with van der Waals surface area (Å²) >= 11 is 0. The molecular weight excluding hydrogens is 336 g/mol. The number of nitrogens with zero attached hydrogens (tertiary/aromatic N) is 2. The zero-order valence-electron chi connectivity index (χ0n) is 16.4. The second kappa shape index (κ2) is 7.25. The number of rotatable bonds is 5. The smallest absolute Gasteiger partial charge is 0.133 e. The van der Waals surface area contributed by atoms with Crippen LogP contribution in [0.3, 0.4) is 0 Å². The Morgan fingerprint density at radius 3 is 2.33 bits per heavy atom. The average Bonchev–Trinajstić information content (AvgIpc) is 3.07. The Bertz CT molecular complexity index is 768. The third-order valence-corrected chi connectivity index (χ3v) is 6.24. The summed E-state index contributed by atoms with van der Waals surface area (Å²) < 4.78 is 0. The van der Waals surface area contributed by atoms with Crippen molar-refractivity contribution in [2.45, 2.75) is 45.1 Å².